The van der Waals surface area contributed by atoms with Crippen LogP contribution in [0.15, 0.2) is 80.9 Å². The lowest BCUT2D eigenvalue weighted by Gasteiger charge is -2.18. The summed E-state index contributed by atoms with van der Waals surface area (Å²) in [5, 5.41) is 19.8. The molecule has 50 heavy (non-hydrogen) atoms. The number of allylic oxidation sites excluding steroid dienone is 2. The molecule has 2 aliphatic rings. The second kappa shape index (κ2) is 13.5. The minimum absolute atomic E-state index is 0.0646. The molecule has 0 atom stereocenters. The topological polar surface area (TPSA) is 56.3 Å². The van der Waals surface area contributed by atoms with E-state index >= 15 is 0 Å². The lowest BCUT2D eigenvalue weighted by molar-refractivity contribution is -0.0337. The Kier molecular flexibility index (Phi) is 9.88. The van der Waals surface area contributed by atoms with E-state index in [1.807, 2.05) is 0 Å². The molecule has 0 bridgehead atoms. The number of alkyl halides is 9. The quantitative estimate of drug-likeness (QED) is 0.113. The highest BCUT2D eigenvalue weighted by Crippen LogP contribution is 2.48. The molecule has 0 aliphatic heterocycles. The number of thioether (sulfide) groups is 3. The van der Waals surface area contributed by atoms with E-state index in [9.17, 15) is 50.0 Å². The van der Waals surface area contributed by atoms with Crippen LogP contribution >= 0.6 is 35.3 Å². The average Bonchev–Trinajstić information content (AvgIpc) is 3.54. The molecule has 0 fully saturated rings. The van der Waals surface area contributed by atoms with Gasteiger partial charge in [0.25, 0.3) is 0 Å². The van der Waals surface area contributed by atoms with Crippen molar-refractivity contribution in [2.75, 3.05) is 0 Å². The van der Waals surface area contributed by atoms with Gasteiger partial charge in [0.05, 0.1) is 5.57 Å². The summed E-state index contributed by atoms with van der Waals surface area (Å²) in [4.78, 5) is 5.76. The second-order valence-corrected chi connectivity index (χ2v) is 13.9. The first-order valence-corrected chi connectivity index (χ1v) is 16.3. The van der Waals surface area contributed by atoms with Gasteiger partial charge in [-0.05, 0) is 123 Å². The zero-order chi connectivity index (χ0) is 36.8. The van der Waals surface area contributed by atoms with Crippen LogP contribution in [0.2, 0.25) is 0 Å². The lowest BCUT2D eigenvalue weighted by atomic mass is 9.87. The van der Waals surface area contributed by atoms with Gasteiger partial charge in [-0.2, -0.15) is 59.7 Å². The maximum absolute atomic E-state index is 14.3. The van der Waals surface area contributed by atoms with E-state index < -0.39 is 50.5 Å². The molecule has 0 saturated carbocycles. The van der Waals surface area contributed by atoms with E-state index in [2.05, 4.69) is 9.69 Å². The summed E-state index contributed by atoms with van der Waals surface area (Å²) in [6.45, 7) is 16.7. The van der Waals surface area contributed by atoms with Crippen molar-refractivity contribution in [3.05, 3.63) is 115 Å². The van der Waals surface area contributed by atoms with Crippen LogP contribution in [0, 0.1) is 35.8 Å². The van der Waals surface area contributed by atoms with E-state index in [4.69, 9.17) is 13.1 Å². The summed E-state index contributed by atoms with van der Waals surface area (Å²) in [5.41, 5.74) is -13.0. The van der Waals surface area contributed by atoms with Crippen molar-refractivity contribution in [2.24, 2.45) is 0 Å². The molecule has 16 heteroatoms. The number of rotatable bonds is 5. The number of nitriles is 2. The van der Waals surface area contributed by atoms with Crippen molar-refractivity contribution in [2.45, 2.75) is 46.1 Å². The molecule has 5 rings (SSSR count). The fraction of sp³-hybridized carbons (Fsp3) is 0.176. The van der Waals surface area contributed by atoms with Gasteiger partial charge in [-0.1, -0.05) is 24.3 Å². The maximum atomic E-state index is 14.3. The summed E-state index contributed by atoms with van der Waals surface area (Å²) in [7, 11) is 0. The van der Waals surface area contributed by atoms with Gasteiger partial charge < -0.3 is 0 Å². The van der Waals surface area contributed by atoms with E-state index in [0.717, 1.165) is 12.1 Å². The van der Waals surface area contributed by atoms with Gasteiger partial charge >= 0.3 is 22.3 Å². The molecule has 0 unspecified atom stereocenters. The lowest BCUT2D eigenvalue weighted by Crippen LogP contribution is -2.24. The van der Waals surface area contributed by atoms with Crippen molar-refractivity contribution in [1.82, 2.24) is 0 Å². The first kappa shape index (κ1) is 36.5. The molecule has 0 N–H and O–H groups in total. The molecule has 4 nitrogen and oxygen atoms in total. The minimum atomic E-state index is -4.94. The Labute approximate surface area is 290 Å². The number of hydrogen-bond acceptors (Lipinski definition) is 5. The predicted molar refractivity (Wildman–Crippen MR) is 172 cm³/mol. The largest absolute Gasteiger partial charge is 0.523 e. The van der Waals surface area contributed by atoms with Gasteiger partial charge in [0, 0.05) is 26.3 Å². The summed E-state index contributed by atoms with van der Waals surface area (Å²) < 4.78 is 122. The van der Waals surface area contributed by atoms with E-state index in [0.29, 0.717) is 16.4 Å². The molecule has 3 aromatic carbocycles. The van der Waals surface area contributed by atoms with Gasteiger partial charge in [-0.3, -0.25) is 0 Å². The molecule has 252 valence electrons. The molecule has 0 aromatic heterocycles. The molecule has 0 heterocycles. The van der Waals surface area contributed by atoms with Crippen LogP contribution in [-0.2, 0) is 12.8 Å². The van der Waals surface area contributed by atoms with Crippen molar-refractivity contribution in [3.8, 4) is 34.4 Å². The SMILES string of the molecule is [C-]#[N+]C([N+]#[C-])=C1Cc2c(-c3ccc(SC(F)(F)F)cc3)c3c(c(-c4ccc(SC(F)(F)F)cc4)c2=C1C)CC(=C(C#N)C#N)C=3SC(F)(F)F. The monoisotopic (exact) mass is 746 g/mol. The third kappa shape index (κ3) is 7.39. The predicted octanol–water partition coefficient (Wildman–Crippen LogP) is 10.3. The fourth-order valence-corrected chi connectivity index (χ4v) is 7.96. The summed E-state index contributed by atoms with van der Waals surface area (Å²) in [6, 6.07) is 13.2. The van der Waals surface area contributed by atoms with Crippen molar-refractivity contribution >= 4 is 45.8 Å². The molecule has 2 aliphatic carbocycles. The Morgan fingerprint density at radius 2 is 1.04 bits per heavy atom. The number of fused-ring (bicyclic) bond motifs is 2. The summed E-state index contributed by atoms with van der Waals surface area (Å²) >= 11 is -1.35. The summed E-state index contributed by atoms with van der Waals surface area (Å²) in [6.07, 6.45) is -0.532. The third-order valence-corrected chi connectivity index (χ3v) is 10.1. The van der Waals surface area contributed by atoms with Crippen molar-refractivity contribution in [3.63, 3.8) is 0 Å². The second-order valence-electron chi connectivity index (χ2n) is 10.6. The molecular weight excluding hydrogens is 732 g/mol. The zero-order valence-corrected chi connectivity index (χ0v) is 27.4. The molecule has 0 saturated heterocycles. The Bertz CT molecular complexity index is 2260. The Balaban J connectivity index is 2.01. The molecule has 0 amide bonds. The van der Waals surface area contributed by atoms with E-state index in [1.165, 1.54) is 36.4 Å². The zero-order valence-electron chi connectivity index (χ0n) is 24.9. The number of benzene rings is 3. The van der Waals surface area contributed by atoms with Crippen LogP contribution in [-0.4, -0.2) is 16.5 Å². The van der Waals surface area contributed by atoms with Gasteiger partial charge in [0.1, 0.15) is 30.9 Å². The molecular formula is C34H15F9N4S3. The highest BCUT2D eigenvalue weighted by Gasteiger charge is 2.40. The third-order valence-electron chi connectivity index (χ3n) is 7.72. The van der Waals surface area contributed by atoms with Crippen LogP contribution in [0.25, 0.3) is 42.4 Å². The Morgan fingerprint density at radius 1 is 0.640 bits per heavy atom. The maximum Gasteiger partial charge on any atom is 0.523 e. The fourth-order valence-electron chi connectivity index (χ4n) is 6.02. The molecule has 0 radical (unpaired) electrons. The van der Waals surface area contributed by atoms with Crippen molar-refractivity contribution in [1.29, 1.82) is 10.5 Å². The van der Waals surface area contributed by atoms with Crippen molar-refractivity contribution < 1.29 is 39.5 Å². The van der Waals surface area contributed by atoms with Gasteiger partial charge in [-0.25, -0.2) is 0 Å². The van der Waals surface area contributed by atoms with Crippen LogP contribution < -0.4 is 10.4 Å². The highest BCUT2D eigenvalue weighted by molar-refractivity contribution is 8.09. The Morgan fingerprint density at radius 3 is 1.44 bits per heavy atom. The molecule has 0 spiro atoms. The van der Waals surface area contributed by atoms with Gasteiger partial charge in [-0.15, -0.1) is 0 Å². The average molecular weight is 747 g/mol. The van der Waals surface area contributed by atoms with E-state index in [1.54, 1.807) is 19.1 Å². The van der Waals surface area contributed by atoms with Crippen LogP contribution in [0.3, 0.4) is 0 Å². The standard InChI is InChI=1S/C34H15F9N4S3/c1-16-22(31(46-2)47-3)12-24-26(16)27(17-4-8-20(9-5-17)48-32(35,36)37)25-13-23(19(14-44)15-45)30(50-34(41,42)43)29(25)28(24)18-6-10-21(11-7-18)49-33(38,39)40/h4-11H,12-13H2,1H3. The number of halogens is 9. The van der Waals surface area contributed by atoms with Crippen LogP contribution in [0.1, 0.15) is 18.1 Å². The summed E-state index contributed by atoms with van der Waals surface area (Å²) in [5.74, 6) is -0.324. The van der Waals surface area contributed by atoms with Crippen LogP contribution in [0.5, 0.6) is 0 Å². The normalized spacial score (nSPS) is 14.0. The van der Waals surface area contributed by atoms with E-state index in [-0.39, 0.29) is 84.4 Å². The van der Waals surface area contributed by atoms with Gasteiger partial charge in [0.2, 0.25) is 0 Å². The first-order chi connectivity index (χ1) is 23.4. The number of nitrogens with zero attached hydrogens (tertiary/aromatic N) is 4. The van der Waals surface area contributed by atoms with Crippen LogP contribution in [0.4, 0.5) is 39.5 Å². The minimum Gasteiger partial charge on any atom is -0.192 e. The number of hydrogen-bond donors (Lipinski definition) is 0. The van der Waals surface area contributed by atoms with Gasteiger partial charge in [0.15, 0.2) is 0 Å². The molecule has 3 aromatic rings. The first-order valence-electron chi connectivity index (χ1n) is 13.8. The smallest absolute Gasteiger partial charge is 0.192 e. The highest BCUT2D eigenvalue weighted by atomic mass is 32.2. The Hall–Kier alpha value is -4.74.